The van der Waals surface area contributed by atoms with E-state index in [0.29, 0.717) is 16.3 Å². The Hall–Kier alpha value is -1.26. The number of rotatable bonds is 3. The Labute approximate surface area is 93.7 Å². The maximum atomic E-state index is 11.6. The second-order valence-electron chi connectivity index (χ2n) is 3.18. The highest BCUT2D eigenvalue weighted by atomic mass is 35.5. The molecular weight excluding hydrogens is 216 g/mol. The zero-order valence-electron chi connectivity index (χ0n) is 8.87. The van der Waals surface area contributed by atoms with Crippen LogP contribution in [0.25, 0.3) is 0 Å². The van der Waals surface area contributed by atoms with Crippen molar-refractivity contribution in [2.75, 3.05) is 21.2 Å². The number of carbonyl (C=O) groups excluding carboxylic acids is 1. The molecule has 5 heteroatoms. The molecule has 15 heavy (non-hydrogen) atoms. The van der Waals surface area contributed by atoms with Gasteiger partial charge in [-0.3, -0.25) is 10.2 Å². The SMILES string of the molecule is COc1ccc(C(=O)NN(C)C)c(Cl)c1. The highest BCUT2D eigenvalue weighted by Crippen LogP contribution is 2.22. The molecule has 1 amide bonds. The minimum atomic E-state index is -0.243. The van der Waals surface area contributed by atoms with Crippen LogP contribution in [0.1, 0.15) is 10.4 Å². The molecule has 0 bridgehead atoms. The fraction of sp³-hybridized carbons (Fsp3) is 0.300. The monoisotopic (exact) mass is 228 g/mol. The molecule has 0 aliphatic heterocycles. The van der Waals surface area contributed by atoms with Gasteiger partial charge in [-0.05, 0) is 18.2 Å². The van der Waals surface area contributed by atoms with E-state index in [4.69, 9.17) is 16.3 Å². The van der Waals surface area contributed by atoms with Crippen LogP contribution in [-0.2, 0) is 0 Å². The fourth-order valence-corrected chi connectivity index (χ4v) is 1.33. The van der Waals surface area contributed by atoms with E-state index in [-0.39, 0.29) is 5.91 Å². The smallest absolute Gasteiger partial charge is 0.267 e. The minimum Gasteiger partial charge on any atom is -0.497 e. The van der Waals surface area contributed by atoms with Crippen LogP contribution in [0.3, 0.4) is 0 Å². The molecule has 0 saturated heterocycles. The van der Waals surface area contributed by atoms with E-state index in [0.717, 1.165) is 0 Å². The van der Waals surface area contributed by atoms with E-state index >= 15 is 0 Å². The lowest BCUT2D eigenvalue weighted by molar-refractivity contribution is 0.0857. The Kier molecular flexibility index (Phi) is 3.94. The summed E-state index contributed by atoms with van der Waals surface area (Å²) in [6.45, 7) is 0. The number of nitrogens with one attached hydrogen (secondary N) is 1. The Bertz CT molecular complexity index is 366. The van der Waals surface area contributed by atoms with Gasteiger partial charge in [0.05, 0.1) is 17.7 Å². The summed E-state index contributed by atoms with van der Waals surface area (Å²) < 4.78 is 4.98. The van der Waals surface area contributed by atoms with E-state index in [1.165, 1.54) is 0 Å². The summed E-state index contributed by atoms with van der Waals surface area (Å²) in [4.78, 5) is 11.6. The van der Waals surface area contributed by atoms with Gasteiger partial charge in [0.2, 0.25) is 0 Å². The molecule has 1 rings (SSSR count). The second kappa shape index (κ2) is 5.00. The second-order valence-corrected chi connectivity index (χ2v) is 3.59. The third kappa shape index (κ3) is 3.11. The summed E-state index contributed by atoms with van der Waals surface area (Å²) in [6, 6.07) is 4.92. The van der Waals surface area contributed by atoms with Crippen molar-refractivity contribution in [1.82, 2.24) is 10.4 Å². The van der Waals surface area contributed by atoms with Crippen LogP contribution in [-0.4, -0.2) is 32.1 Å². The molecule has 0 unspecified atom stereocenters. The fourth-order valence-electron chi connectivity index (χ4n) is 1.07. The molecule has 0 radical (unpaired) electrons. The van der Waals surface area contributed by atoms with Crippen molar-refractivity contribution in [3.8, 4) is 5.75 Å². The topological polar surface area (TPSA) is 41.6 Å². The Morgan fingerprint density at radius 2 is 2.13 bits per heavy atom. The highest BCUT2D eigenvalue weighted by molar-refractivity contribution is 6.34. The first-order valence-electron chi connectivity index (χ1n) is 4.36. The van der Waals surface area contributed by atoms with Crippen LogP contribution in [0.4, 0.5) is 0 Å². The molecule has 0 aliphatic rings. The maximum Gasteiger partial charge on any atom is 0.267 e. The number of methoxy groups -OCH3 is 1. The molecular formula is C10H13ClN2O2. The van der Waals surface area contributed by atoms with Gasteiger partial charge < -0.3 is 4.74 Å². The van der Waals surface area contributed by atoms with Crippen molar-refractivity contribution in [2.24, 2.45) is 0 Å². The predicted molar refractivity (Wildman–Crippen MR) is 59.2 cm³/mol. The zero-order valence-corrected chi connectivity index (χ0v) is 9.63. The first-order valence-corrected chi connectivity index (χ1v) is 4.74. The normalized spacial score (nSPS) is 10.2. The van der Waals surface area contributed by atoms with Crippen LogP contribution < -0.4 is 10.2 Å². The number of halogens is 1. The average Bonchev–Trinajstić information content (AvgIpc) is 2.16. The van der Waals surface area contributed by atoms with Crippen LogP contribution >= 0.6 is 11.6 Å². The van der Waals surface area contributed by atoms with Crippen molar-refractivity contribution in [2.45, 2.75) is 0 Å². The number of ether oxygens (including phenoxy) is 1. The van der Waals surface area contributed by atoms with E-state index < -0.39 is 0 Å². The van der Waals surface area contributed by atoms with E-state index in [2.05, 4.69) is 5.43 Å². The Morgan fingerprint density at radius 1 is 1.47 bits per heavy atom. The summed E-state index contributed by atoms with van der Waals surface area (Å²) in [7, 11) is 5.01. The minimum absolute atomic E-state index is 0.243. The van der Waals surface area contributed by atoms with Crippen LogP contribution in [0, 0.1) is 0 Å². The summed E-state index contributed by atoms with van der Waals surface area (Å²) in [5, 5.41) is 1.93. The molecule has 0 atom stereocenters. The molecule has 1 aromatic carbocycles. The van der Waals surface area contributed by atoms with E-state index in [1.807, 2.05) is 0 Å². The van der Waals surface area contributed by atoms with Gasteiger partial charge in [0, 0.05) is 14.1 Å². The summed E-state index contributed by atoms with van der Waals surface area (Å²) in [5.41, 5.74) is 3.03. The van der Waals surface area contributed by atoms with Crippen LogP contribution in [0.5, 0.6) is 5.75 Å². The van der Waals surface area contributed by atoms with Crippen molar-refractivity contribution >= 4 is 17.5 Å². The number of hydrogen-bond donors (Lipinski definition) is 1. The van der Waals surface area contributed by atoms with Gasteiger partial charge in [-0.1, -0.05) is 11.6 Å². The average molecular weight is 229 g/mol. The molecule has 1 N–H and O–H groups in total. The van der Waals surface area contributed by atoms with Gasteiger partial charge in [0.1, 0.15) is 5.75 Å². The van der Waals surface area contributed by atoms with Gasteiger partial charge >= 0.3 is 0 Å². The van der Waals surface area contributed by atoms with Crippen LogP contribution in [0.15, 0.2) is 18.2 Å². The van der Waals surface area contributed by atoms with Gasteiger partial charge in [-0.2, -0.15) is 0 Å². The standard InChI is InChI=1S/C10H13ClN2O2/c1-13(2)12-10(14)8-5-4-7(15-3)6-9(8)11/h4-6H,1-3H3,(H,12,14). The van der Waals surface area contributed by atoms with Crippen molar-refractivity contribution in [1.29, 1.82) is 0 Å². The van der Waals surface area contributed by atoms with Gasteiger partial charge in [-0.15, -0.1) is 0 Å². The molecule has 82 valence electrons. The van der Waals surface area contributed by atoms with E-state index in [9.17, 15) is 4.79 Å². The number of amides is 1. The predicted octanol–water partition coefficient (Wildman–Crippen LogP) is 1.55. The number of nitrogens with zero attached hydrogens (tertiary/aromatic N) is 1. The van der Waals surface area contributed by atoms with Crippen molar-refractivity contribution in [3.05, 3.63) is 28.8 Å². The maximum absolute atomic E-state index is 11.6. The molecule has 0 saturated carbocycles. The number of benzene rings is 1. The zero-order chi connectivity index (χ0) is 11.4. The van der Waals surface area contributed by atoms with E-state index in [1.54, 1.807) is 44.4 Å². The molecule has 0 spiro atoms. The lowest BCUT2D eigenvalue weighted by Gasteiger charge is -2.12. The Morgan fingerprint density at radius 3 is 2.60 bits per heavy atom. The summed E-state index contributed by atoms with van der Waals surface area (Å²) in [6.07, 6.45) is 0. The first-order chi connectivity index (χ1) is 7.04. The molecule has 0 fully saturated rings. The third-order valence-electron chi connectivity index (χ3n) is 1.75. The van der Waals surface area contributed by atoms with Crippen molar-refractivity contribution < 1.29 is 9.53 Å². The van der Waals surface area contributed by atoms with Gasteiger partial charge in [0.15, 0.2) is 0 Å². The Balaban J connectivity index is 2.90. The van der Waals surface area contributed by atoms with Crippen LogP contribution in [0.2, 0.25) is 5.02 Å². The molecule has 1 aromatic rings. The molecule has 0 aliphatic carbocycles. The quantitative estimate of drug-likeness (QED) is 0.799. The summed E-state index contributed by atoms with van der Waals surface area (Å²) >= 11 is 5.93. The number of hydrogen-bond acceptors (Lipinski definition) is 3. The summed E-state index contributed by atoms with van der Waals surface area (Å²) in [5.74, 6) is 0.383. The largest absolute Gasteiger partial charge is 0.497 e. The molecule has 0 heterocycles. The van der Waals surface area contributed by atoms with Gasteiger partial charge in [0.25, 0.3) is 5.91 Å². The molecule has 4 nitrogen and oxygen atoms in total. The van der Waals surface area contributed by atoms with Crippen molar-refractivity contribution in [3.63, 3.8) is 0 Å². The lowest BCUT2D eigenvalue weighted by Crippen LogP contribution is -2.36. The number of carbonyl (C=O) groups is 1. The lowest BCUT2D eigenvalue weighted by atomic mass is 10.2. The molecule has 0 aromatic heterocycles. The number of hydrazine groups is 1. The highest BCUT2D eigenvalue weighted by Gasteiger charge is 2.11. The van der Waals surface area contributed by atoms with Gasteiger partial charge in [-0.25, -0.2) is 5.01 Å². The third-order valence-corrected chi connectivity index (χ3v) is 2.06. The first kappa shape index (κ1) is 11.8.